The highest BCUT2D eigenvalue weighted by atomic mass is 16.6. The molecule has 0 amide bonds. The van der Waals surface area contributed by atoms with Crippen molar-refractivity contribution in [3.8, 4) is 11.4 Å². The second-order valence-corrected chi connectivity index (χ2v) is 11.8. The van der Waals surface area contributed by atoms with Crippen molar-refractivity contribution in [3.63, 3.8) is 0 Å². The summed E-state index contributed by atoms with van der Waals surface area (Å²) < 4.78 is 12.5. The first-order chi connectivity index (χ1) is 20.6. The molecule has 0 saturated heterocycles. The van der Waals surface area contributed by atoms with E-state index in [1.807, 2.05) is 75.4 Å². The number of carbonyl (C=O) groups excluding carboxylic acids is 2. The number of cyclic esters (lactones) is 1. The fourth-order valence-electron chi connectivity index (χ4n) is 5.37. The van der Waals surface area contributed by atoms with E-state index >= 15 is 0 Å². The van der Waals surface area contributed by atoms with Gasteiger partial charge in [-0.2, -0.15) is 0 Å². The number of hydrogen-bond donors (Lipinski definition) is 1. The van der Waals surface area contributed by atoms with Crippen molar-refractivity contribution in [3.05, 3.63) is 98.8 Å². The minimum Gasteiger partial charge on any atom is -0.458 e. The van der Waals surface area contributed by atoms with Gasteiger partial charge in [-0.3, -0.25) is 9.59 Å². The van der Waals surface area contributed by atoms with Crippen molar-refractivity contribution in [1.82, 2.24) is 9.55 Å². The molecular weight excluding hydrogens is 548 g/mol. The predicted molar refractivity (Wildman–Crippen MR) is 160 cm³/mol. The van der Waals surface area contributed by atoms with E-state index in [1.54, 1.807) is 16.8 Å². The quantitative estimate of drug-likeness (QED) is 0.174. The van der Waals surface area contributed by atoms with Crippen LogP contribution in [-0.2, 0) is 49.9 Å². The maximum atomic E-state index is 13.7. The normalized spacial score (nSPS) is 16.4. The Morgan fingerprint density at radius 1 is 1.16 bits per heavy atom. The highest BCUT2D eigenvalue weighted by Gasteiger charge is 2.38. The van der Waals surface area contributed by atoms with Gasteiger partial charge in [-0.25, -0.2) is 9.78 Å². The van der Waals surface area contributed by atoms with Crippen molar-refractivity contribution in [1.29, 1.82) is 0 Å². The van der Waals surface area contributed by atoms with Gasteiger partial charge < -0.3 is 24.6 Å². The van der Waals surface area contributed by atoms with Crippen LogP contribution in [0.1, 0.15) is 54.7 Å². The summed E-state index contributed by atoms with van der Waals surface area (Å²) in [7, 11) is 0. The number of pyridine rings is 2. The van der Waals surface area contributed by atoms with Crippen LogP contribution in [0.15, 0.2) is 70.6 Å². The summed E-state index contributed by atoms with van der Waals surface area (Å²) in [5.74, 6) is -1.50. The highest BCUT2D eigenvalue weighted by molar-refractivity contribution is 5.89. The third-order valence-corrected chi connectivity index (χ3v) is 7.44. The molecule has 220 valence electrons. The number of ether oxygens (including phenoxy) is 2. The molecule has 4 aromatic rings. The van der Waals surface area contributed by atoms with E-state index in [0.29, 0.717) is 29.9 Å². The number of nitrogens with two attached hydrogens (primary N) is 1. The molecular formula is C33H32N4O6. The Labute approximate surface area is 248 Å². The van der Waals surface area contributed by atoms with Gasteiger partial charge in [0.25, 0.3) is 5.56 Å². The van der Waals surface area contributed by atoms with Gasteiger partial charge in [-0.15, -0.1) is 0 Å². The van der Waals surface area contributed by atoms with Gasteiger partial charge in [-0.1, -0.05) is 47.6 Å². The molecule has 10 heteroatoms. The molecule has 10 nitrogen and oxygen atoms in total. The fourth-order valence-corrected chi connectivity index (χ4v) is 5.37. The molecule has 6 rings (SSSR count). The summed E-state index contributed by atoms with van der Waals surface area (Å²) in [6, 6.07) is 17.9. The van der Waals surface area contributed by atoms with Gasteiger partial charge in [-0.05, 0) is 56.5 Å². The number of hydrogen-bond acceptors (Lipinski definition) is 9. The van der Waals surface area contributed by atoms with Crippen LogP contribution in [0.25, 0.3) is 22.3 Å². The highest BCUT2D eigenvalue weighted by Crippen LogP contribution is 2.37. The summed E-state index contributed by atoms with van der Waals surface area (Å²) in [4.78, 5) is 49.8. The second-order valence-electron chi connectivity index (χ2n) is 11.8. The van der Waals surface area contributed by atoms with E-state index in [2.05, 4.69) is 5.16 Å². The average molecular weight is 581 g/mol. The van der Waals surface area contributed by atoms with Crippen LogP contribution < -0.4 is 11.3 Å². The summed E-state index contributed by atoms with van der Waals surface area (Å²) in [6.07, 6.45) is 1.12. The molecule has 0 aliphatic carbocycles. The molecule has 2 aliphatic rings. The fraction of sp³-hybridized carbons (Fsp3) is 0.303. The first-order valence-corrected chi connectivity index (χ1v) is 14.1. The average Bonchev–Trinajstić information content (AvgIpc) is 3.33. The second kappa shape index (κ2) is 11.1. The summed E-state index contributed by atoms with van der Waals surface area (Å²) in [5, 5.41) is 5.05. The zero-order valence-electron chi connectivity index (χ0n) is 24.2. The number of oxime groups is 1. The van der Waals surface area contributed by atoms with E-state index < -0.39 is 24.1 Å². The van der Waals surface area contributed by atoms with Gasteiger partial charge in [0, 0.05) is 29.1 Å². The van der Waals surface area contributed by atoms with Crippen molar-refractivity contribution in [2.75, 3.05) is 0 Å². The SMILES string of the molecule is CC(C)(C)O/N=C/Cc1cccc2nc3c(cc12)Cn1c-3cc2c(c1=O)COC(=O)C2OC(=O)C(N)Cc1ccccc1. The van der Waals surface area contributed by atoms with Crippen molar-refractivity contribution < 1.29 is 23.9 Å². The maximum absolute atomic E-state index is 13.7. The Bertz CT molecular complexity index is 1820. The van der Waals surface area contributed by atoms with Crippen molar-refractivity contribution in [2.45, 2.75) is 64.5 Å². The van der Waals surface area contributed by atoms with E-state index in [4.69, 9.17) is 25.0 Å². The van der Waals surface area contributed by atoms with E-state index in [9.17, 15) is 14.4 Å². The zero-order chi connectivity index (χ0) is 30.3. The first-order valence-electron chi connectivity index (χ1n) is 14.1. The minimum absolute atomic E-state index is 0.205. The Balaban J connectivity index is 1.31. The monoisotopic (exact) mass is 580 g/mol. The number of fused-ring (bicyclic) bond motifs is 5. The molecule has 2 unspecified atom stereocenters. The molecule has 0 spiro atoms. The molecule has 43 heavy (non-hydrogen) atoms. The molecule has 0 bridgehead atoms. The van der Waals surface area contributed by atoms with Crippen molar-refractivity contribution in [2.24, 2.45) is 10.9 Å². The number of rotatable bonds is 7. The molecule has 0 saturated carbocycles. The van der Waals surface area contributed by atoms with Gasteiger partial charge >= 0.3 is 11.9 Å². The molecule has 2 atom stereocenters. The molecule has 2 aromatic carbocycles. The number of carbonyl (C=O) groups is 2. The van der Waals surface area contributed by atoms with E-state index in [-0.39, 0.29) is 29.8 Å². The Morgan fingerprint density at radius 2 is 1.95 bits per heavy atom. The van der Waals surface area contributed by atoms with E-state index in [0.717, 1.165) is 27.6 Å². The van der Waals surface area contributed by atoms with Crippen LogP contribution in [0.5, 0.6) is 0 Å². The van der Waals surface area contributed by atoms with Crippen molar-refractivity contribution >= 4 is 29.1 Å². The third-order valence-electron chi connectivity index (χ3n) is 7.44. The number of aromatic nitrogens is 2. The van der Waals surface area contributed by atoms with Crippen LogP contribution in [0.4, 0.5) is 0 Å². The Hall–Kier alpha value is -4.83. The van der Waals surface area contributed by atoms with Gasteiger partial charge in [0.15, 0.2) is 0 Å². The van der Waals surface area contributed by atoms with Crippen LogP contribution in [0, 0.1) is 0 Å². The summed E-state index contributed by atoms with van der Waals surface area (Å²) >= 11 is 0. The molecule has 0 radical (unpaired) electrons. The summed E-state index contributed by atoms with van der Waals surface area (Å²) in [5.41, 5.74) is 10.7. The van der Waals surface area contributed by atoms with Gasteiger partial charge in [0.2, 0.25) is 6.10 Å². The Kier molecular flexibility index (Phi) is 7.31. The molecule has 4 heterocycles. The van der Waals surface area contributed by atoms with Gasteiger partial charge in [0.05, 0.1) is 29.0 Å². The van der Waals surface area contributed by atoms with Crippen LogP contribution in [0.2, 0.25) is 0 Å². The smallest absolute Gasteiger partial charge is 0.352 e. The lowest BCUT2D eigenvalue weighted by molar-refractivity contribution is -0.172. The lowest BCUT2D eigenvalue weighted by Crippen LogP contribution is -2.39. The largest absolute Gasteiger partial charge is 0.458 e. The molecule has 2 N–H and O–H groups in total. The Morgan fingerprint density at radius 3 is 2.72 bits per heavy atom. The first kappa shape index (κ1) is 28.3. The topological polar surface area (TPSA) is 135 Å². The molecule has 2 aliphatic heterocycles. The zero-order valence-corrected chi connectivity index (χ0v) is 24.2. The molecule has 0 fully saturated rings. The third kappa shape index (κ3) is 5.65. The lowest BCUT2D eigenvalue weighted by Gasteiger charge is -2.26. The molecule has 2 aromatic heterocycles. The van der Waals surface area contributed by atoms with E-state index in [1.165, 1.54) is 0 Å². The number of benzene rings is 2. The van der Waals surface area contributed by atoms with Crippen LogP contribution in [0.3, 0.4) is 0 Å². The van der Waals surface area contributed by atoms with Gasteiger partial charge in [0.1, 0.15) is 18.2 Å². The number of nitrogens with zero attached hydrogens (tertiary/aromatic N) is 3. The predicted octanol–water partition coefficient (Wildman–Crippen LogP) is 3.98. The van der Waals surface area contributed by atoms with Crippen LogP contribution >= 0.6 is 0 Å². The standard InChI is InChI=1S/C33H32N4O6/c1-33(2,3)43-35-13-12-20-10-7-11-26-22(20)15-21-17-37-27(28(21)36-26)16-23-24(30(37)38)18-41-32(40)29(23)42-31(39)25(34)14-19-8-5-4-6-9-19/h4-11,13,15-16,25,29H,12,14,17-18,34H2,1-3H3/b35-13+. The minimum atomic E-state index is -1.40. The maximum Gasteiger partial charge on any atom is 0.352 e. The summed E-state index contributed by atoms with van der Waals surface area (Å²) in [6.45, 7) is 5.91. The van der Waals surface area contributed by atoms with Crippen LogP contribution in [-0.4, -0.2) is 39.3 Å². The lowest BCUT2D eigenvalue weighted by atomic mass is 9.99. The number of esters is 2.